The van der Waals surface area contributed by atoms with Gasteiger partial charge in [0.05, 0.1) is 12.5 Å². The lowest BCUT2D eigenvalue weighted by molar-refractivity contribution is -0.188. The van der Waals surface area contributed by atoms with E-state index in [2.05, 4.69) is 0 Å². The van der Waals surface area contributed by atoms with Gasteiger partial charge in [0.25, 0.3) is 0 Å². The van der Waals surface area contributed by atoms with Gasteiger partial charge in [0.15, 0.2) is 0 Å². The molecule has 0 radical (unpaired) electrons. The van der Waals surface area contributed by atoms with E-state index in [0.717, 1.165) is 12.0 Å². The van der Waals surface area contributed by atoms with Gasteiger partial charge in [-0.3, -0.25) is 9.69 Å². The summed E-state index contributed by atoms with van der Waals surface area (Å²) in [6, 6.07) is 9.89. The van der Waals surface area contributed by atoms with Gasteiger partial charge in [-0.15, -0.1) is 0 Å². The van der Waals surface area contributed by atoms with Crippen LogP contribution >= 0.6 is 0 Å². The highest BCUT2D eigenvalue weighted by atomic mass is 19.4. The van der Waals surface area contributed by atoms with E-state index in [-0.39, 0.29) is 25.4 Å². The Morgan fingerprint density at radius 1 is 1.24 bits per heavy atom. The fourth-order valence-electron chi connectivity index (χ4n) is 3.15. The lowest BCUT2D eigenvalue weighted by Crippen LogP contribution is -2.48. The molecule has 1 unspecified atom stereocenters. The van der Waals surface area contributed by atoms with Gasteiger partial charge in [-0.1, -0.05) is 30.3 Å². The second kappa shape index (κ2) is 9.20. The van der Waals surface area contributed by atoms with Crippen LogP contribution in [0.5, 0.6) is 0 Å². The molecule has 0 spiro atoms. The van der Waals surface area contributed by atoms with E-state index in [0.29, 0.717) is 32.6 Å². The van der Waals surface area contributed by atoms with Crippen LogP contribution in [0.1, 0.15) is 18.4 Å². The van der Waals surface area contributed by atoms with Crippen molar-refractivity contribution in [3.63, 3.8) is 0 Å². The maximum Gasteiger partial charge on any atom is 0.393 e. The largest absolute Gasteiger partial charge is 0.393 e. The molecule has 1 aromatic rings. The highest BCUT2D eigenvalue weighted by Crippen LogP contribution is 2.33. The third kappa shape index (κ3) is 6.32. The maximum atomic E-state index is 12.9. The number of carbonyl (C=O) groups is 1. The van der Waals surface area contributed by atoms with Crippen LogP contribution in [0, 0.1) is 5.92 Å². The van der Waals surface area contributed by atoms with Crippen LogP contribution < -0.4 is 5.73 Å². The Bertz CT molecular complexity index is 536. The van der Waals surface area contributed by atoms with Crippen molar-refractivity contribution in [2.24, 2.45) is 11.7 Å². The van der Waals surface area contributed by atoms with Gasteiger partial charge in [0.2, 0.25) is 5.91 Å². The SMILES string of the molecule is NCCN(CCc1ccccc1)CC(=O)N1CCCC(C(F)(F)F)C1. The molecule has 1 saturated heterocycles. The van der Waals surface area contributed by atoms with Gasteiger partial charge in [-0.05, 0) is 24.8 Å². The number of benzene rings is 1. The maximum absolute atomic E-state index is 12.9. The summed E-state index contributed by atoms with van der Waals surface area (Å²) < 4.78 is 38.7. The molecule has 2 rings (SSSR count). The Labute approximate surface area is 146 Å². The first-order valence-electron chi connectivity index (χ1n) is 8.71. The summed E-state index contributed by atoms with van der Waals surface area (Å²) in [5, 5.41) is 0. The van der Waals surface area contributed by atoms with Crippen molar-refractivity contribution < 1.29 is 18.0 Å². The van der Waals surface area contributed by atoms with Crippen LogP contribution in [0.25, 0.3) is 0 Å². The molecule has 0 saturated carbocycles. The van der Waals surface area contributed by atoms with E-state index in [9.17, 15) is 18.0 Å². The summed E-state index contributed by atoms with van der Waals surface area (Å²) in [6.45, 7) is 1.92. The minimum absolute atomic E-state index is 0.105. The minimum Gasteiger partial charge on any atom is -0.341 e. The van der Waals surface area contributed by atoms with Crippen molar-refractivity contribution in [3.8, 4) is 0 Å². The first-order chi connectivity index (χ1) is 11.9. The number of likely N-dealkylation sites (tertiary alicyclic amines) is 1. The number of halogens is 3. The zero-order chi connectivity index (χ0) is 18.3. The molecule has 1 heterocycles. The fourth-order valence-corrected chi connectivity index (χ4v) is 3.15. The summed E-state index contributed by atoms with van der Waals surface area (Å²) in [5.41, 5.74) is 6.78. The third-order valence-electron chi connectivity index (χ3n) is 4.60. The van der Waals surface area contributed by atoms with Crippen molar-refractivity contribution >= 4 is 5.91 Å². The third-order valence-corrected chi connectivity index (χ3v) is 4.60. The van der Waals surface area contributed by atoms with Gasteiger partial charge >= 0.3 is 6.18 Å². The summed E-state index contributed by atoms with van der Waals surface area (Å²) in [4.78, 5) is 15.7. The fraction of sp³-hybridized carbons (Fsp3) is 0.611. The quantitative estimate of drug-likeness (QED) is 0.815. The standard InChI is InChI=1S/C18H26F3N3O/c19-18(20,21)16-7-4-10-24(13-16)17(25)14-23(12-9-22)11-8-15-5-2-1-3-6-15/h1-3,5-6,16H,4,7-14,22H2. The summed E-state index contributed by atoms with van der Waals surface area (Å²) >= 11 is 0. The van der Waals surface area contributed by atoms with Crippen LogP contribution in [-0.4, -0.2) is 61.2 Å². The number of nitrogens with two attached hydrogens (primary N) is 1. The number of nitrogens with zero attached hydrogens (tertiary/aromatic N) is 2. The monoisotopic (exact) mass is 357 g/mol. The molecule has 0 aliphatic carbocycles. The van der Waals surface area contributed by atoms with Crippen LogP contribution in [0.2, 0.25) is 0 Å². The summed E-state index contributed by atoms with van der Waals surface area (Å²) in [5.74, 6) is -1.65. The summed E-state index contributed by atoms with van der Waals surface area (Å²) in [6.07, 6.45) is -2.95. The predicted molar refractivity (Wildman–Crippen MR) is 91.0 cm³/mol. The Balaban J connectivity index is 1.88. The normalized spacial score (nSPS) is 18.6. The molecule has 1 atom stereocenters. The molecule has 7 heteroatoms. The number of hydrogen-bond acceptors (Lipinski definition) is 3. The molecule has 4 nitrogen and oxygen atoms in total. The second-order valence-electron chi connectivity index (χ2n) is 6.52. The highest BCUT2D eigenvalue weighted by Gasteiger charge is 2.42. The average molecular weight is 357 g/mol. The molecule has 1 aromatic carbocycles. The van der Waals surface area contributed by atoms with Crippen molar-refractivity contribution in [2.45, 2.75) is 25.4 Å². The Morgan fingerprint density at radius 3 is 2.60 bits per heavy atom. The molecule has 0 aromatic heterocycles. The van der Waals surface area contributed by atoms with E-state index in [1.54, 1.807) is 0 Å². The van der Waals surface area contributed by atoms with Crippen LogP contribution in [0.15, 0.2) is 30.3 Å². The molecule has 1 aliphatic heterocycles. The molecule has 1 fully saturated rings. The molecular weight excluding hydrogens is 331 g/mol. The van der Waals surface area contributed by atoms with Crippen molar-refractivity contribution in [1.82, 2.24) is 9.80 Å². The van der Waals surface area contributed by atoms with Crippen molar-refractivity contribution in [2.75, 3.05) is 39.3 Å². The average Bonchev–Trinajstić information content (AvgIpc) is 2.60. The lowest BCUT2D eigenvalue weighted by Gasteiger charge is -2.35. The van der Waals surface area contributed by atoms with Crippen LogP contribution in [0.4, 0.5) is 13.2 Å². The number of alkyl halides is 3. The number of rotatable bonds is 7. The Kier molecular flexibility index (Phi) is 7.25. The molecule has 140 valence electrons. The van der Waals surface area contributed by atoms with Gasteiger partial charge in [-0.25, -0.2) is 0 Å². The van der Waals surface area contributed by atoms with Crippen LogP contribution in [-0.2, 0) is 11.2 Å². The van der Waals surface area contributed by atoms with Crippen molar-refractivity contribution in [1.29, 1.82) is 0 Å². The number of hydrogen-bond donors (Lipinski definition) is 1. The Morgan fingerprint density at radius 2 is 1.96 bits per heavy atom. The lowest BCUT2D eigenvalue weighted by atomic mass is 9.97. The first-order valence-corrected chi connectivity index (χ1v) is 8.71. The Hall–Kier alpha value is -1.60. The summed E-state index contributed by atoms with van der Waals surface area (Å²) in [7, 11) is 0. The second-order valence-corrected chi connectivity index (χ2v) is 6.52. The molecule has 25 heavy (non-hydrogen) atoms. The van der Waals surface area contributed by atoms with Gasteiger partial charge in [0.1, 0.15) is 0 Å². The van der Waals surface area contributed by atoms with Crippen molar-refractivity contribution in [3.05, 3.63) is 35.9 Å². The molecule has 2 N–H and O–H groups in total. The van der Waals surface area contributed by atoms with Gasteiger partial charge < -0.3 is 10.6 Å². The molecule has 0 bridgehead atoms. The minimum atomic E-state index is -4.23. The zero-order valence-corrected chi connectivity index (χ0v) is 14.3. The first kappa shape index (κ1) is 19.7. The number of piperidine rings is 1. The smallest absolute Gasteiger partial charge is 0.341 e. The number of amides is 1. The van der Waals surface area contributed by atoms with E-state index in [4.69, 9.17) is 5.73 Å². The van der Waals surface area contributed by atoms with E-state index in [1.807, 2.05) is 35.2 Å². The van der Waals surface area contributed by atoms with E-state index < -0.39 is 12.1 Å². The topological polar surface area (TPSA) is 49.6 Å². The predicted octanol–water partition coefficient (Wildman–Crippen LogP) is 2.29. The van der Waals surface area contributed by atoms with E-state index >= 15 is 0 Å². The molecular formula is C18H26F3N3O. The van der Waals surface area contributed by atoms with E-state index in [1.165, 1.54) is 4.90 Å². The molecule has 1 amide bonds. The van der Waals surface area contributed by atoms with Gasteiger partial charge in [0, 0.05) is 32.7 Å². The number of carbonyl (C=O) groups excluding carboxylic acids is 1. The van der Waals surface area contributed by atoms with Gasteiger partial charge in [-0.2, -0.15) is 13.2 Å². The zero-order valence-electron chi connectivity index (χ0n) is 14.3. The highest BCUT2D eigenvalue weighted by molar-refractivity contribution is 5.78. The van der Waals surface area contributed by atoms with Crippen LogP contribution in [0.3, 0.4) is 0 Å². The molecule has 1 aliphatic rings.